The van der Waals surface area contributed by atoms with Crippen molar-refractivity contribution in [3.05, 3.63) is 29.3 Å². The van der Waals surface area contributed by atoms with E-state index in [1.165, 1.54) is 64.2 Å². The fraction of sp³-hybridized carbons (Fsp3) is 0.710. The fourth-order valence-electron chi connectivity index (χ4n) is 5.61. The van der Waals surface area contributed by atoms with E-state index < -0.39 is 36.1 Å². The van der Waals surface area contributed by atoms with Crippen LogP contribution in [0.3, 0.4) is 0 Å². The molecule has 1 heterocycles. The average Bonchev–Trinajstić information content (AvgIpc) is 2.85. The van der Waals surface area contributed by atoms with Crippen LogP contribution in [0.5, 0.6) is 5.75 Å². The van der Waals surface area contributed by atoms with Gasteiger partial charge >= 0.3 is 18.1 Å². The predicted octanol–water partition coefficient (Wildman–Crippen LogP) is 7.94. The maximum atomic E-state index is 12.7. The van der Waals surface area contributed by atoms with Crippen LogP contribution in [0.2, 0.25) is 0 Å². The highest BCUT2D eigenvalue weighted by molar-refractivity contribution is 5.93. The Bertz CT molecular complexity index is 918. The largest absolute Gasteiger partial charge is 0.491 e. The van der Waals surface area contributed by atoms with Gasteiger partial charge in [0.25, 0.3) is 0 Å². The van der Waals surface area contributed by atoms with Gasteiger partial charge in [0.2, 0.25) is 0 Å². The number of carboxylic acid groups (broad SMARTS) is 2. The zero-order chi connectivity index (χ0) is 28.8. The van der Waals surface area contributed by atoms with Gasteiger partial charge in [0, 0.05) is 11.6 Å². The molecule has 3 unspecified atom stereocenters. The number of unbranched alkanes of at least 4 members (excludes halogenated alkanes) is 12. The minimum Gasteiger partial charge on any atom is -0.491 e. The first-order chi connectivity index (χ1) is 18.7. The summed E-state index contributed by atoms with van der Waals surface area (Å²) < 4.78 is 6.04. The van der Waals surface area contributed by atoms with E-state index in [1.54, 1.807) is 13.0 Å². The van der Waals surface area contributed by atoms with Crippen LogP contribution in [0.15, 0.2) is 18.2 Å². The molecule has 1 saturated heterocycles. The molecule has 0 saturated carbocycles. The first-order valence-electron chi connectivity index (χ1n) is 15.0. The molecule has 0 spiro atoms. The molecule has 220 valence electrons. The first-order valence-corrected chi connectivity index (χ1v) is 15.0. The lowest BCUT2D eigenvalue weighted by atomic mass is 9.81. The van der Waals surface area contributed by atoms with Crippen molar-refractivity contribution < 1.29 is 29.3 Å². The summed E-state index contributed by atoms with van der Waals surface area (Å²) in [6.45, 7) is 7.57. The van der Waals surface area contributed by atoms with Crippen LogP contribution in [-0.4, -0.2) is 45.4 Å². The molecule has 39 heavy (non-hydrogen) atoms. The summed E-state index contributed by atoms with van der Waals surface area (Å²) in [5, 5.41) is 22.5. The summed E-state index contributed by atoms with van der Waals surface area (Å²) in [7, 11) is 0. The standard InChI is InChI=1S/C31H50N2O6/c1-5-6-7-8-9-10-11-12-13-14-15-16-17-19-24-20-18-21-25(39-22(2)3)27(24)28-26(29(34)35)23(4)32-30(36)33(28)31(37)38/h18,20-23,26,28H,5-17,19H2,1-4H3,(H,32,36)(H,34,35)(H,37,38). The van der Waals surface area contributed by atoms with E-state index >= 15 is 0 Å². The molecule has 0 bridgehead atoms. The molecular weight excluding hydrogens is 496 g/mol. The molecule has 1 fully saturated rings. The summed E-state index contributed by atoms with van der Waals surface area (Å²) >= 11 is 0. The molecule has 3 N–H and O–H groups in total. The third-order valence-corrected chi connectivity index (χ3v) is 7.58. The number of imide groups is 1. The highest BCUT2D eigenvalue weighted by Gasteiger charge is 2.49. The van der Waals surface area contributed by atoms with Crippen LogP contribution < -0.4 is 10.1 Å². The summed E-state index contributed by atoms with van der Waals surface area (Å²) in [6, 6.07) is 2.75. The number of nitrogens with zero attached hydrogens (tertiary/aromatic N) is 1. The molecule has 0 radical (unpaired) electrons. The minimum absolute atomic E-state index is 0.202. The Balaban J connectivity index is 2.06. The van der Waals surface area contributed by atoms with Gasteiger partial charge in [-0.2, -0.15) is 0 Å². The molecule has 8 nitrogen and oxygen atoms in total. The summed E-state index contributed by atoms with van der Waals surface area (Å²) in [5.41, 5.74) is 1.32. The van der Waals surface area contributed by atoms with Crippen molar-refractivity contribution in [3.63, 3.8) is 0 Å². The van der Waals surface area contributed by atoms with E-state index in [0.29, 0.717) is 22.6 Å². The number of carboxylic acids is 1. The zero-order valence-corrected chi connectivity index (χ0v) is 24.4. The number of aliphatic carboxylic acids is 1. The average molecular weight is 547 g/mol. The number of rotatable bonds is 18. The van der Waals surface area contributed by atoms with Gasteiger partial charge < -0.3 is 20.3 Å². The number of carbonyl (C=O) groups is 3. The lowest BCUT2D eigenvalue weighted by Crippen LogP contribution is -2.60. The van der Waals surface area contributed by atoms with E-state index in [1.807, 2.05) is 26.0 Å². The Morgan fingerprint density at radius 1 is 0.923 bits per heavy atom. The number of hydrogen-bond acceptors (Lipinski definition) is 4. The molecule has 3 amide bonds. The van der Waals surface area contributed by atoms with Gasteiger partial charge in [0.05, 0.1) is 12.1 Å². The minimum atomic E-state index is -1.48. The number of amides is 3. The van der Waals surface area contributed by atoms with E-state index in [-0.39, 0.29) is 6.10 Å². The molecule has 1 aromatic carbocycles. The molecule has 1 aliphatic heterocycles. The summed E-state index contributed by atoms with van der Waals surface area (Å²) in [5.74, 6) is -1.88. The number of urea groups is 1. The second-order valence-corrected chi connectivity index (χ2v) is 11.2. The molecule has 3 atom stereocenters. The van der Waals surface area contributed by atoms with Crippen molar-refractivity contribution in [1.82, 2.24) is 10.2 Å². The SMILES string of the molecule is CCCCCCCCCCCCCCCc1cccc(OC(C)C)c1C1C(C(=O)O)C(C)NC(=O)N1C(=O)O. The van der Waals surface area contributed by atoms with Crippen LogP contribution in [0.1, 0.15) is 128 Å². The van der Waals surface area contributed by atoms with E-state index in [0.717, 1.165) is 24.8 Å². The van der Waals surface area contributed by atoms with Crippen molar-refractivity contribution in [2.24, 2.45) is 5.92 Å². The predicted molar refractivity (Wildman–Crippen MR) is 153 cm³/mol. The number of ether oxygens (including phenoxy) is 1. The maximum absolute atomic E-state index is 12.7. The quantitative estimate of drug-likeness (QED) is 0.161. The van der Waals surface area contributed by atoms with Crippen LogP contribution in [0.25, 0.3) is 0 Å². The van der Waals surface area contributed by atoms with Crippen LogP contribution in [0.4, 0.5) is 9.59 Å². The van der Waals surface area contributed by atoms with Gasteiger partial charge in [-0.25, -0.2) is 14.5 Å². The normalized spacial score (nSPS) is 19.3. The van der Waals surface area contributed by atoms with Gasteiger partial charge in [0.15, 0.2) is 0 Å². The van der Waals surface area contributed by atoms with E-state index in [9.17, 15) is 24.6 Å². The summed E-state index contributed by atoms with van der Waals surface area (Å²) in [6.07, 6.45) is 15.2. The number of benzene rings is 1. The van der Waals surface area contributed by atoms with Gasteiger partial charge in [-0.3, -0.25) is 4.79 Å². The Labute approximate surface area is 234 Å². The van der Waals surface area contributed by atoms with Crippen LogP contribution >= 0.6 is 0 Å². The third kappa shape index (κ3) is 10.0. The Morgan fingerprint density at radius 2 is 1.46 bits per heavy atom. The third-order valence-electron chi connectivity index (χ3n) is 7.58. The lowest BCUT2D eigenvalue weighted by Gasteiger charge is -2.41. The fourth-order valence-corrected chi connectivity index (χ4v) is 5.61. The van der Waals surface area contributed by atoms with Crippen molar-refractivity contribution >= 4 is 18.1 Å². The lowest BCUT2D eigenvalue weighted by molar-refractivity contribution is -0.145. The zero-order valence-electron chi connectivity index (χ0n) is 24.4. The molecule has 0 aliphatic carbocycles. The maximum Gasteiger partial charge on any atom is 0.416 e. The number of hydrogen-bond donors (Lipinski definition) is 3. The van der Waals surface area contributed by atoms with Gasteiger partial charge in [-0.15, -0.1) is 0 Å². The van der Waals surface area contributed by atoms with Crippen molar-refractivity contribution in [3.8, 4) is 5.75 Å². The Kier molecular flexibility index (Phi) is 14.2. The smallest absolute Gasteiger partial charge is 0.416 e. The molecule has 8 heteroatoms. The van der Waals surface area contributed by atoms with Gasteiger partial charge in [0.1, 0.15) is 11.7 Å². The highest BCUT2D eigenvalue weighted by atomic mass is 16.5. The topological polar surface area (TPSA) is 116 Å². The summed E-state index contributed by atoms with van der Waals surface area (Å²) in [4.78, 5) is 37.9. The molecule has 1 aromatic rings. The van der Waals surface area contributed by atoms with E-state index in [2.05, 4.69) is 12.2 Å². The van der Waals surface area contributed by atoms with Gasteiger partial charge in [-0.1, -0.05) is 96.1 Å². The van der Waals surface area contributed by atoms with Gasteiger partial charge in [-0.05, 0) is 45.2 Å². The first kappa shape index (κ1) is 32.4. The second kappa shape index (κ2) is 17.0. The number of carbonyl (C=O) groups excluding carboxylic acids is 1. The molecule has 2 rings (SSSR count). The number of aryl methyl sites for hydroxylation is 1. The molecule has 0 aromatic heterocycles. The van der Waals surface area contributed by atoms with Crippen molar-refractivity contribution in [2.75, 3.05) is 0 Å². The van der Waals surface area contributed by atoms with Crippen LogP contribution in [0, 0.1) is 5.92 Å². The molecule has 1 aliphatic rings. The van der Waals surface area contributed by atoms with Crippen molar-refractivity contribution in [2.45, 2.75) is 136 Å². The monoisotopic (exact) mass is 546 g/mol. The molecular formula is C31H50N2O6. The Morgan fingerprint density at radius 3 is 1.95 bits per heavy atom. The van der Waals surface area contributed by atoms with E-state index in [4.69, 9.17) is 4.74 Å². The van der Waals surface area contributed by atoms with Crippen LogP contribution in [-0.2, 0) is 11.2 Å². The number of nitrogens with one attached hydrogen (secondary N) is 1. The Hall–Kier alpha value is -2.77. The van der Waals surface area contributed by atoms with Crippen molar-refractivity contribution in [1.29, 1.82) is 0 Å². The highest BCUT2D eigenvalue weighted by Crippen LogP contribution is 2.42. The second-order valence-electron chi connectivity index (χ2n) is 11.2.